The SMILES string of the molecule is CCNC(=NCc1ccc(OC)cc1)NCCCOC1CCOCC1. The van der Waals surface area contributed by atoms with Crippen molar-refractivity contribution in [1.82, 2.24) is 10.6 Å². The molecule has 1 aromatic rings. The topological polar surface area (TPSA) is 64.1 Å². The Kier molecular flexibility index (Phi) is 9.15. The highest BCUT2D eigenvalue weighted by atomic mass is 16.5. The molecule has 25 heavy (non-hydrogen) atoms. The molecule has 1 saturated heterocycles. The maximum absolute atomic E-state index is 5.88. The van der Waals surface area contributed by atoms with E-state index in [1.54, 1.807) is 7.11 Å². The molecule has 2 N–H and O–H groups in total. The molecule has 0 bridgehead atoms. The van der Waals surface area contributed by atoms with E-state index in [0.29, 0.717) is 12.6 Å². The number of methoxy groups -OCH3 is 1. The van der Waals surface area contributed by atoms with Gasteiger partial charge in [0.25, 0.3) is 0 Å². The average Bonchev–Trinajstić information content (AvgIpc) is 2.67. The second-order valence-corrected chi connectivity index (χ2v) is 6.01. The summed E-state index contributed by atoms with van der Waals surface area (Å²) in [6, 6.07) is 7.99. The van der Waals surface area contributed by atoms with Crippen LogP contribution in [0.3, 0.4) is 0 Å². The first kappa shape index (κ1) is 19.5. The van der Waals surface area contributed by atoms with E-state index in [1.807, 2.05) is 24.3 Å². The molecule has 0 unspecified atom stereocenters. The normalized spacial score (nSPS) is 15.8. The van der Waals surface area contributed by atoms with Crippen LogP contribution in [0.4, 0.5) is 0 Å². The van der Waals surface area contributed by atoms with Crippen LogP contribution in [0, 0.1) is 0 Å². The molecule has 6 heteroatoms. The molecule has 140 valence electrons. The second-order valence-electron chi connectivity index (χ2n) is 6.01. The van der Waals surface area contributed by atoms with Crippen LogP contribution in [0.5, 0.6) is 5.75 Å². The van der Waals surface area contributed by atoms with Crippen molar-refractivity contribution in [2.75, 3.05) is 40.0 Å². The summed E-state index contributed by atoms with van der Waals surface area (Å²) >= 11 is 0. The van der Waals surface area contributed by atoms with E-state index < -0.39 is 0 Å². The van der Waals surface area contributed by atoms with E-state index in [4.69, 9.17) is 14.2 Å². The standard InChI is InChI=1S/C19H31N3O3/c1-3-20-19(22-15-16-5-7-17(23-2)8-6-16)21-11-4-12-25-18-9-13-24-14-10-18/h5-8,18H,3-4,9-15H2,1-2H3,(H2,20,21,22). The van der Waals surface area contributed by atoms with E-state index in [9.17, 15) is 0 Å². The molecule has 0 aromatic heterocycles. The fourth-order valence-corrected chi connectivity index (χ4v) is 2.61. The van der Waals surface area contributed by atoms with Gasteiger partial charge >= 0.3 is 0 Å². The summed E-state index contributed by atoms with van der Waals surface area (Å²) in [5.41, 5.74) is 1.15. The van der Waals surface area contributed by atoms with Crippen molar-refractivity contribution in [2.45, 2.75) is 38.8 Å². The number of benzene rings is 1. The highest BCUT2D eigenvalue weighted by molar-refractivity contribution is 5.79. The van der Waals surface area contributed by atoms with E-state index in [1.165, 1.54) is 0 Å². The summed E-state index contributed by atoms with van der Waals surface area (Å²) in [6.45, 7) is 6.81. The maximum Gasteiger partial charge on any atom is 0.191 e. The summed E-state index contributed by atoms with van der Waals surface area (Å²) in [6.07, 6.45) is 3.36. The van der Waals surface area contributed by atoms with Gasteiger partial charge in [-0.15, -0.1) is 0 Å². The monoisotopic (exact) mass is 349 g/mol. The molecule has 6 nitrogen and oxygen atoms in total. The first-order valence-corrected chi connectivity index (χ1v) is 9.16. The fraction of sp³-hybridized carbons (Fsp3) is 0.632. The Labute approximate surface area is 151 Å². The summed E-state index contributed by atoms with van der Waals surface area (Å²) in [5, 5.41) is 6.63. The highest BCUT2D eigenvalue weighted by Gasteiger charge is 2.13. The van der Waals surface area contributed by atoms with Crippen LogP contribution >= 0.6 is 0 Å². The lowest BCUT2D eigenvalue weighted by Gasteiger charge is -2.22. The number of ether oxygens (including phenoxy) is 3. The van der Waals surface area contributed by atoms with E-state index in [2.05, 4.69) is 22.5 Å². The third-order valence-electron chi connectivity index (χ3n) is 4.06. The number of hydrogen-bond donors (Lipinski definition) is 2. The number of nitrogens with zero attached hydrogens (tertiary/aromatic N) is 1. The summed E-state index contributed by atoms with van der Waals surface area (Å²) in [4.78, 5) is 4.62. The molecule has 0 atom stereocenters. The third-order valence-corrected chi connectivity index (χ3v) is 4.06. The Morgan fingerprint density at radius 2 is 1.96 bits per heavy atom. The Hall–Kier alpha value is -1.79. The summed E-state index contributed by atoms with van der Waals surface area (Å²) in [7, 11) is 1.67. The van der Waals surface area contributed by atoms with Crippen molar-refractivity contribution >= 4 is 5.96 Å². The van der Waals surface area contributed by atoms with Crippen molar-refractivity contribution in [3.63, 3.8) is 0 Å². The lowest BCUT2D eigenvalue weighted by Crippen LogP contribution is -2.38. The van der Waals surface area contributed by atoms with Crippen LogP contribution in [0.2, 0.25) is 0 Å². The predicted octanol–water partition coefficient (Wildman–Crippen LogP) is 2.34. The maximum atomic E-state index is 5.88. The van der Waals surface area contributed by atoms with Crippen LogP contribution in [-0.2, 0) is 16.0 Å². The van der Waals surface area contributed by atoms with Crippen LogP contribution in [0.25, 0.3) is 0 Å². The zero-order valence-corrected chi connectivity index (χ0v) is 15.4. The largest absolute Gasteiger partial charge is 0.497 e. The lowest BCUT2D eigenvalue weighted by molar-refractivity contribution is -0.0320. The molecule has 1 aliphatic rings. The third kappa shape index (κ3) is 7.75. The molecule has 0 radical (unpaired) electrons. The van der Waals surface area contributed by atoms with E-state index in [0.717, 1.165) is 69.4 Å². The first-order chi connectivity index (χ1) is 12.3. The van der Waals surface area contributed by atoms with E-state index in [-0.39, 0.29) is 0 Å². The molecule has 0 saturated carbocycles. The van der Waals surface area contributed by atoms with Gasteiger partial charge < -0.3 is 24.8 Å². The smallest absolute Gasteiger partial charge is 0.191 e. The van der Waals surface area contributed by atoms with Crippen molar-refractivity contribution in [1.29, 1.82) is 0 Å². The summed E-state index contributed by atoms with van der Waals surface area (Å²) in [5.74, 6) is 1.70. The van der Waals surface area contributed by atoms with Gasteiger partial charge in [-0.3, -0.25) is 0 Å². The number of hydrogen-bond acceptors (Lipinski definition) is 4. The molecule has 1 aliphatic heterocycles. The minimum absolute atomic E-state index is 0.366. The van der Waals surface area contributed by atoms with Crippen molar-refractivity contribution in [3.8, 4) is 5.75 Å². The zero-order valence-electron chi connectivity index (χ0n) is 15.4. The van der Waals surface area contributed by atoms with Gasteiger partial charge in [-0.1, -0.05) is 12.1 Å². The van der Waals surface area contributed by atoms with Gasteiger partial charge in [0, 0.05) is 32.9 Å². The molecule has 0 aliphatic carbocycles. The molecule has 1 heterocycles. The van der Waals surface area contributed by atoms with Gasteiger partial charge in [-0.25, -0.2) is 4.99 Å². The van der Waals surface area contributed by atoms with Crippen LogP contribution in [-0.4, -0.2) is 52.1 Å². The Morgan fingerprint density at radius 3 is 2.64 bits per heavy atom. The van der Waals surface area contributed by atoms with Gasteiger partial charge in [0.15, 0.2) is 5.96 Å². The number of rotatable bonds is 9. The van der Waals surface area contributed by atoms with Crippen LogP contribution in [0.1, 0.15) is 31.7 Å². The van der Waals surface area contributed by atoms with Gasteiger partial charge in [0.05, 0.1) is 19.8 Å². The molecule has 0 amide bonds. The fourth-order valence-electron chi connectivity index (χ4n) is 2.61. The van der Waals surface area contributed by atoms with E-state index >= 15 is 0 Å². The molecular weight excluding hydrogens is 318 g/mol. The number of guanidine groups is 1. The minimum atomic E-state index is 0.366. The van der Waals surface area contributed by atoms with Crippen LogP contribution < -0.4 is 15.4 Å². The molecule has 1 fully saturated rings. The van der Waals surface area contributed by atoms with Crippen molar-refractivity contribution in [3.05, 3.63) is 29.8 Å². The Morgan fingerprint density at radius 1 is 1.20 bits per heavy atom. The predicted molar refractivity (Wildman–Crippen MR) is 100 cm³/mol. The van der Waals surface area contributed by atoms with Crippen LogP contribution in [0.15, 0.2) is 29.3 Å². The Balaban J connectivity index is 1.67. The lowest BCUT2D eigenvalue weighted by atomic mass is 10.1. The number of aliphatic imine (C=N–C) groups is 1. The van der Waals surface area contributed by atoms with Crippen molar-refractivity contribution < 1.29 is 14.2 Å². The van der Waals surface area contributed by atoms with Gasteiger partial charge in [0.1, 0.15) is 5.75 Å². The zero-order chi connectivity index (χ0) is 17.7. The first-order valence-electron chi connectivity index (χ1n) is 9.16. The molecular formula is C19H31N3O3. The second kappa shape index (κ2) is 11.7. The quantitative estimate of drug-likeness (QED) is 0.407. The molecule has 2 rings (SSSR count). The number of nitrogens with one attached hydrogen (secondary N) is 2. The van der Waals surface area contributed by atoms with Gasteiger partial charge in [-0.2, -0.15) is 0 Å². The highest BCUT2D eigenvalue weighted by Crippen LogP contribution is 2.12. The minimum Gasteiger partial charge on any atom is -0.497 e. The van der Waals surface area contributed by atoms with Crippen molar-refractivity contribution in [2.24, 2.45) is 4.99 Å². The molecule has 0 spiro atoms. The van der Waals surface area contributed by atoms with Gasteiger partial charge in [0.2, 0.25) is 0 Å². The summed E-state index contributed by atoms with van der Waals surface area (Å²) < 4.78 is 16.4. The Bertz CT molecular complexity index is 499. The van der Waals surface area contributed by atoms with Gasteiger partial charge in [-0.05, 0) is 43.9 Å². The molecule has 1 aromatic carbocycles. The average molecular weight is 349 g/mol.